The number of halogens is 1. The summed E-state index contributed by atoms with van der Waals surface area (Å²) in [6.07, 6.45) is 7.50. The van der Waals surface area contributed by atoms with Crippen molar-refractivity contribution in [3.8, 4) is 0 Å². The molecule has 0 amide bonds. The molecule has 1 aromatic carbocycles. The van der Waals surface area contributed by atoms with Crippen molar-refractivity contribution >= 4 is 11.8 Å². The van der Waals surface area contributed by atoms with Gasteiger partial charge in [0.25, 0.3) is 0 Å². The molecule has 0 radical (unpaired) electrons. The molecule has 0 bridgehead atoms. The fraction of sp³-hybridized carbons (Fsp3) is 0.714. The third-order valence-electron chi connectivity index (χ3n) is 5.35. The maximum Gasteiger partial charge on any atom is 0.123 e. The van der Waals surface area contributed by atoms with Crippen LogP contribution >= 0.6 is 11.8 Å². The van der Waals surface area contributed by atoms with Gasteiger partial charge in [0.2, 0.25) is 0 Å². The second-order valence-corrected chi connectivity index (χ2v) is 8.95. The Kier molecular flexibility index (Phi) is 8.09. The van der Waals surface area contributed by atoms with E-state index in [0.717, 1.165) is 6.54 Å². The van der Waals surface area contributed by atoms with Gasteiger partial charge in [-0.15, -0.1) is 0 Å². The van der Waals surface area contributed by atoms with Crippen molar-refractivity contribution < 1.29 is 4.39 Å². The smallest absolute Gasteiger partial charge is 0.123 e. The van der Waals surface area contributed by atoms with E-state index in [0.29, 0.717) is 12.0 Å². The van der Waals surface area contributed by atoms with Gasteiger partial charge in [-0.25, -0.2) is 4.39 Å². The van der Waals surface area contributed by atoms with Gasteiger partial charge in [0.05, 0.1) is 0 Å². The van der Waals surface area contributed by atoms with E-state index in [9.17, 15) is 4.39 Å². The van der Waals surface area contributed by atoms with Crippen LogP contribution in [0.4, 0.5) is 4.39 Å². The summed E-state index contributed by atoms with van der Waals surface area (Å²) >= 11 is 2.03. The van der Waals surface area contributed by atoms with Crippen molar-refractivity contribution in [2.75, 3.05) is 18.1 Å². The Labute approximate surface area is 152 Å². The number of rotatable bonds is 11. The van der Waals surface area contributed by atoms with Crippen LogP contribution < -0.4 is 5.32 Å². The molecule has 1 aliphatic carbocycles. The molecule has 1 nitrogen and oxygen atoms in total. The van der Waals surface area contributed by atoms with E-state index in [1.807, 2.05) is 23.9 Å². The molecule has 1 aromatic rings. The number of unbranched alkanes of at least 4 members (excludes halogenated alkanes) is 1. The van der Waals surface area contributed by atoms with Gasteiger partial charge < -0.3 is 5.32 Å². The average Bonchev–Trinajstić information content (AvgIpc) is 2.50. The molecule has 0 spiro atoms. The van der Waals surface area contributed by atoms with E-state index in [-0.39, 0.29) is 11.2 Å². The highest BCUT2D eigenvalue weighted by atomic mass is 32.2. The molecule has 0 saturated heterocycles. The highest BCUT2D eigenvalue weighted by Gasteiger charge is 2.45. The van der Waals surface area contributed by atoms with E-state index in [1.54, 1.807) is 12.1 Å². The molecule has 0 heterocycles. The van der Waals surface area contributed by atoms with Crippen molar-refractivity contribution in [2.24, 2.45) is 5.92 Å². The Morgan fingerprint density at radius 2 is 1.88 bits per heavy atom. The number of benzene rings is 1. The molecule has 136 valence electrons. The molecule has 1 atom stereocenters. The van der Waals surface area contributed by atoms with Gasteiger partial charge in [-0.1, -0.05) is 39.3 Å². The van der Waals surface area contributed by atoms with E-state index < -0.39 is 0 Å². The molecule has 3 heteroatoms. The standard InChI is InChI=1S/C21H34FNS/c1-4-24-15-6-5-14-23-20(16-17(2)3)21(12-7-13-21)18-8-10-19(22)11-9-18/h8-11,17,20,23H,4-7,12-16H2,1-3H3. The molecule has 2 rings (SSSR count). The van der Waals surface area contributed by atoms with Crippen LogP contribution in [0.3, 0.4) is 0 Å². The van der Waals surface area contributed by atoms with Crippen LogP contribution in [0.2, 0.25) is 0 Å². The average molecular weight is 352 g/mol. The molecular formula is C21H34FNS. The molecule has 1 fully saturated rings. The molecule has 1 aliphatic rings. The largest absolute Gasteiger partial charge is 0.313 e. The SMILES string of the molecule is CCSCCCCNC(CC(C)C)C1(c2ccc(F)cc2)CCC1. The number of hydrogen-bond donors (Lipinski definition) is 1. The Morgan fingerprint density at radius 3 is 2.42 bits per heavy atom. The van der Waals surface area contributed by atoms with Gasteiger partial charge in [0.1, 0.15) is 5.82 Å². The first-order valence-corrected chi connectivity index (χ1v) is 10.8. The van der Waals surface area contributed by atoms with Crippen LogP contribution in [0.25, 0.3) is 0 Å². The summed E-state index contributed by atoms with van der Waals surface area (Å²) in [7, 11) is 0. The topological polar surface area (TPSA) is 12.0 Å². The lowest BCUT2D eigenvalue weighted by Gasteiger charge is -2.49. The summed E-state index contributed by atoms with van der Waals surface area (Å²) in [5, 5.41) is 3.88. The predicted octanol–water partition coefficient (Wildman–Crippen LogP) is 5.79. The van der Waals surface area contributed by atoms with Crippen molar-refractivity contribution in [2.45, 2.75) is 70.8 Å². The normalized spacial score (nSPS) is 17.7. The number of nitrogens with one attached hydrogen (secondary N) is 1. The fourth-order valence-electron chi connectivity index (χ4n) is 3.90. The van der Waals surface area contributed by atoms with Crippen molar-refractivity contribution in [3.63, 3.8) is 0 Å². The molecule has 1 saturated carbocycles. The summed E-state index contributed by atoms with van der Waals surface area (Å²) < 4.78 is 13.3. The van der Waals surface area contributed by atoms with Crippen LogP contribution in [-0.4, -0.2) is 24.1 Å². The van der Waals surface area contributed by atoms with E-state index in [2.05, 4.69) is 26.1 Å². The Morgan fingerprint density at radius 1 is 1.17 bits per heavy atom. The third-order valence-corrected chi connectivity index (χ3v) is 6.33. The minimum atomic E-state index is -0.130. The summed E-state index contributed by atoms with van der Waals surface area (Å²) in [5.41, 5.74) is 1.55. The monoisotopic (exact) mass is 351 g/mol. The van der Waals surface area contributed by atoms with Crippen LogP contribution in [-0.2, 0) is 5.41 Å². The summed E-state index contributed by atoms with van der Waals surface area (Å²) in [6, 6.07) is 7.80. The molecule has 0 aliphatic heterocycles. The van der Waals surface area contributed by atoms with Crippen molar-refractivity contribution in [3.05, 3.63) is 35.6 Å². The first-order valence-electron chi connectivity index (χ1n) is 9.65. The van der Waals surface area contributed by atoms with Crippen molar-refractivity contribution in [1.82, 2.24) is 5.32 Å². The lowest BCUT2D eigenvalue weighted by atomic mass is 9.59. The molecule has 24 heavy (non-hydrogen) atoms. The van der Waals surface area contributed by atoms with E-state index in [4.69, 9.17) is 0 Å². The Hall–Kier alpha value is -0.540. The summed E-state index contributed by atoms with van der Waals surface area (Å²) in [6.45, 7) is 7.95. The molecule has 1 unspecified atom stereocenters. The van der Waals surface area contributed by atoms with E-state index in [1.165, 1.54) is 55.6 Å². The van der Waals surface area contributed by atoms with Crippen LogP contribution in [0, 0.1) is 11.7 Å². The highest BCUT2D eigenvalue weighted by Crippen LogP contribution is 2.48. The quantitative estimate of drug-likeness (QED) is 0.507. The van der Waals surface area contributed by atoms with Crippen molar-refractivity contribution in [1.29, 1.82) is 0 Å². The highest BCUT2D eigenvalue weighted by molar-refractivity contribution is 7.99. The zero-order valence-electron chi connectivity index (χ0n) is 15.6. The van der Waals surface area contributed by atoms with Crippen LogP contribution in [0.15, 0.2) is 24.3 Å². The lowest BCUT2D eigenvalue weighted by molar-refractivity contribution is 0.151. The molecule has 0 aromatic heterocycles. The first-order chi connectivity index (χ1) is 11.6. The van der Waals surface area contributed by atoms with Gasteiger partial charge in [-0.3, -0.25) is 0 Å². The van der Waals surface area contributed by atoms with E-state index >= 15 is 0 Å². The summed E-state index contributed by atoms with van der Waals surface area (Å²) in [5.74, 6) is 3.04. The second kappa shape index (κ2) is 9.82. The van der Waals surface area contributed by atoms with Gasteiger partial charge in [-0.05, 0) is 73.8 Å². The summed E-state index contributed by atoms with van der Waals surface area (Å²) in [4.78, 5) is 0. The third kappa shape index (κ3) is 5.23. The van der Waals surface area contributed by atoms with Gasteiger partial charge >= 0.3 is 0 Å². The maximum atomic E-state index is 13.3. The minimum Gasteiger partial charge on any atom is -0.313 e. The van der Waals surface area contributed by atoms with Gasteiger partial charge in [0, 0.05) is 11.5 Å². The van der Waals surface area contributed by atoms with Crippen LogP contribution in [0.5, 0.6) is 0 Å². The molecular weight excluding hydrogens is 317 g/mol. The fourth-order valence-corrected chi connectivity index (χ4v) is 4.60. The molecule has 1 N–H and O–H groups in total. The zero-order valence-corrected chi connectivity index (χ0v) is 16.4. The van der Waals surface area contributed by atoms with Gasteiger partial charge in [-0.2, -0.15) is 11.8 Å². The predicted molar refractivity (Wildman–Crippen MR) is 105 cm³/mol. The first kappa shape index (κ1) is 19.8. The number of hydrogen-bond acceptors (Lipinski definition) is 2. The van der Waals surface area contributed by atoms with Crippen LogP contribution in [0.1, 0.15) is 64.9 Å². The Balaban J connectivity index is 2.00. The minimum absolute atomic E-state index is 0.130. The maximum absolute atomic E-state index is 13.3. The Bertz CT molecular complexity index is 467. The zero-order chi connectivity index (χ0) is 17.4. The second-order valence-electron chi connectivity index (χ2n) is 7.56. The number of thioether (sulfide) groups is 1. The van der Waals surface area contributed by atoms with Gasteiger partial charge in [0.15, 0.2) is 0 Å². The lowest BCUT2D eigenvalue weighted by Crippen LogP contribution is -2.53.